The van der Waals surface area contributed by atoms with Crippen molar-refractivity contribution in [2.75, 3.05) is 12.5 Å². The lowest BCUT2D eigenvalue weighted by molar-refractivity contribution is 0.174. The molecule has 16 heavy (non-hydrogen) atoms. The first kappa shape index (κ1) is 10.4. The van der Waals surface area contributed by atoms with Crippen molar-refractivity contribution >= 4 is 5.69 Å². The summed E-state index contributed by atoms with van der Waals surface area (Å²) in [4.78, 5) is 0. The third kappa shape index (κ3) is 2.67. The lowest BCUT2D eigenvalue weighted by Crippen LogP contribution is -1.92. The number of rotatable bonds is 0. The molecule has 0 aromatic heterocycles. The zero-order valence-corrected chi connectivity index (χ0v) is 8.80. The second-order valence-electron chi connectivity index (χ2n) is 3.26. The molecule has 0 amide bonds. The summed E-state index contributed by atoms with van der Waals surface area (Å²) in [5, 5.41) is 0. The molecular formula is C13H13NO2. The predicted molar refractivity (Wildman–Crippen MR) is 63.4 cm³/mol. The summed E-state index contributed by atoms with van der Waals surface area (Å²) in [6.07, 6.45) is 0. The van der Waals surface area contributed by atoms with Crippen LogP contribution in [0, 0.1) is 0 Å². The maximum atomic E-state index is 5.36. The molecule has 3 heteroatoms. The van der Waals surface area contributed by atoms with Gasteiger partial charge in [-0.05, 0) is 24.3 Å². The Kier molecular flexibility index (Phi) is 3.28. The van der Waals surface area contributed by atoms with Crippen LogP contribution in [0.1, 0.15) is 0 Å². The van der Waals surface area contributed by atoms with Crippen LogP contribution in [-0.4, -0.2) is 6.79 Å². The van der Waals surface area contributed by atoms with Crippen molar-refractivity contribution in [3.63, 3.8) is 0 Å². The van der Waals surface area contributed by atoms with Gasteiger partial charge in [0, 0.05) is 5.69 Å². The average Bonchev–Trinajstić information content (AvgIpc) is 2.79. The Morgan fingerprint density at radius 2 is 1.25 bits per heavy atom. The van der Waals surface area contributed by atoms with Gasteiger partial charge in [0.25, 0.3) is 0 Å². The van der Waals surface area contributed by atoms with Gasteiger partial charge in [-0.2, -0.15) is 0 Å². The number of nitrogens with two attached hydrogens (primary N) is 1. The van der Waals surface area contributed by atoms with Crippen LogP contribution in [0.3, 0.4) is 0 Å². The molecule has 0 bridgehead atoms. The Balaban J connectivity index is 0.000000125. The molecule has 0 fully saturated rings. The highest BCUT2D eigenvalue weighted by Gasteiger charge is 2.09. The number of anilines is 1. The number of benzene rings is 2. The van der Waals surface area contributed by atoms with Gasteiger partial charge in [0.05, 0.1) is 0 Å². The first-order valence-corrected chi connectivity index (χ1v) is 5.01. The van der Waals surface area contributed by atoms with E-state index in [1.54, 1.807) is 0 Å². The zero-order valence-electron chi connectivity index (χ0n) is 8.80. The molecule has 0 atom stereocenters. The van der Waals surface area contributed by atoms with Crippen LogP contribution >= 0.6 is 0 Å². The molecule has 2 aromatic carbocycles. The maximum absolute atomic E-state index is 5.36. The molecule has 2 N–H and O–H groups in total. The molecule has 0 spiro atoms. The molecule has 3 nitrogen and oxygen atoms in total. The van der Waals surface area contributed by atoms with E-state index in [0.717, 1.165) is 17.2 Å². The zero-order chi connectivity index (χ0) is 11.2. The predicted octanol–water partition coefficient (Wildman–Crippen LogP) is 2.68. The van der Waals surface area contributed by atoms with Crippen molar-refractivity contribution in [1.82, 2.24) is 0 Å². The summed E-state index contributed by atoms with van der Waals surface area (Å²) >= 11 is 0. The highest BCUT2D eigenvalue weighted by Crippen LogP contribution is 2.30. The Labute approximate surface area is 94.4 Å². The van der Waals surface area contributed by atoms with E-state index in [9.17, 15) is 0 Å². The fraction of sp³-hybridized carbons (Fsp3) is 0.0769. The minimum Gasteiger partial charge on any atom is -0.454 e. The van der Waals surface area contributed by atoms with Gasteiger partial charge in [0.15, 0.2) is 11.5 Å². The number of hydrogen-bond acceptors (Lipinski definition) is 3. The largest absolute Gasteiger partial charge is 0.454 e. The van der Waals surface area contributed by atoms with E-state index < -0.39 is 0 Å². The SMILES string of the molecule is Nc1ccccc1.c1ccc2c(c1)OCO2. The molecule has 1 aliphatic rings. The van der Waals surface area contributed by atoms with Crippen LogP contribution in [0.15, 0.2) is 54.6 Å². The second kappa shape index (κ2) is 5.07. The number of fused-ring (bicyclic) bond motifs is 1. The monoisotopic (exact) mass is 215 g/mol. The van der Waals surface area contributed by atoms with Gasteiger partial charge in [-0.1, -0.05) is 30.3 Å². The van der Waals surface area contributed by atoms with Gasteiger partial charge in [-0.15, -0.1) is 0 Å². The normalized spacial score (nSPS) is 11.5. The molecule has 0 aliphatic carbocycles. The van der Waals surface area contributed by atoms with E-state index >= 15 is 0 Å². The van der Waals surface area contributed by atoms with Gasteiger partial charge in [-0.25, -0.2) is 0 Å². The topological polar surface area (TPSA) is 44.5 Å². The van der Waals surface area contributed by atoms with Crippen LogP contribution in [0.5, 0.6) is 11.5 Å². The van der Waals surface area contributed by atoms with Crippen LogP contribution in [0.25, 0.3) is 0 Å². The summed E-state index contributed by atoms with van der Waals surface area (Å²) in [5.74, 6) is 1.69. The number of hydrogen-bond donors (Lipinski definition) is 1. The molecule has 0 saturated carbocycles. The van der Waals surface area contributed by atoms with E-state index in [1.165, 1.54) is 0 Å². The van der Waals surface area contributed by atoms with E-state index in [0.29, 0.717) is 6.79 Å². The van der Waals surface area contributed by atoms with Gasteiger partial charge in [0.2, 0.25) is 6.79 Å². The van der Waals surface area contributed by atoms with E-state index in [1.807, 2.05) is 54.6 Å². The van der Waals surface area contributed by atoms with Crippen LogP contribution in [0.4, 0.5) is 5.69 Å². The number of para-hydroxylation sites is 3. The van der Waals surface area contributed by atoms with Crippen molar-refractivity contribution in [2.45, 2.75) is 0 Å². The maximum Gasteiger partial charge on any atom is 0.231 e. The first-order chi connectivity index (χ1) is 7.86. The van der Waals surface area contributed by atoms with Crippen molar-refractivity contribution in [2.24, 2.45) is 0 Å². The van der Waals surface area contributed by atoms with E-state index in [-0.39, 0.29) is 0 Å². The average molecular weight is 215 g/mol. The van der Waals surface area contributed by atoms with Crippen molar-refractivity contribution in [3.05, 3.63) is 54.6 Å². The molecule has 1 aliphatic heterocycles. The van der Waals surface area contributed by atoms with E-state index in [4.69, 9.17) is 15.2 Å². The summed E-state index contributed by atoms with van der Waals surface area (Å²) in [6, 6.07) is 17.1. The minimum absolute atomic E-state index is 0.360. The lowest BCUT2D eigenvalue weighted by Gasteiger charge is -1.89. The van der Waals surface area contributed by atoms with Gasteiger partial charge >= 0.3 is 0 Å². The Bertz CT molecular complexity index is 420. The Morgan fingerprint density at radius 3 is 1.69 bits per heavy atom. The quantitative estimate of drug-likeness (QED) is 0.687. The van der Waals surface area contributed by atoms with Gasteiger partial charge in [-0.3, -0.25) is 0 Å². The third-order valence-electron chi connectivity index (χ3n) is 2.08. The van der Waals surface area contributed by atoms with Crippen molar-refractivity contribution in [1.29, 1.82) is 0 Å². The first-order valence-electron chi connectivity index (χ1n) is 5.01. The van der Waals surface area contributed by atoms with Gasteiger partial charge in [0.1, 0.15) is 0 Å². The lowest BCUT2D eigenvalue weighted by atomic mass is 10.3. The molecule has 3 rings (SSSR count). The summed E-state index contributed by atoms with van der Waals surface area (Å²) < 4.78 is 10.2. The van der Waals surface area contributed by atoms with Crippen LogP contribution in [0.2, 0.25) is 0 Å². The molecule has 82 valence electrons. The highest BCUT2D eigenvalue weighted by atomic mass is 16.7. The van der Waals surface area contributed by atoms with Crippen molar-refractivity contribution < 1.29 is 9.47 Å². The number of nitrogen functional groups attached to an aromatic ring is 1. The summed E-state index contributed by atoms with van der Waals surface area (Å²) in [6.45, 7) is 0.360. The molecule has 0 radical (unpaired) electrons. The smallest absolute Gasteiger partial charge is 0.231 e. The second-order valence-corrected chi connectivity index (χ2v) is 3.26. The van der Waals surface area contributed by atoms with Crippen LogP contribution in [-0.2, 0) is 0 Å². The Hall–Kier alpha value is -2.16. The highest BCUT2D eigenvalue weighted by molar-refractivity contribution is 5.40. The molecule has 2 aromatic rings. The number of ether oxygens (including phenoxy) is 2. The summed E-state index contributed by atoms with van der Waals surface area (Å²) in [5.41, 5.74) is 6.18. The molecule has 0 unspecified atom stereocenters. The van der Waals surface area contributed by atoms with Crippen LogP contribution < -0.4 is 15.2 Å². The molecular weight excluding hydrogens is 202 g/mol. The van der Waals surface area contributed by atoms with Gasteiger partial charge < -0.3 is 15.2 Å². The fourth-order valence-corrected chi connectivity index (χ4v) is 1.30. The molecule has 0 saturated heterocycles. The van der Waals surface area contributed by atoms with Crippen molar-refractivity contribution in [3.8, 4) is 11.5 Å². The summed E-state index contributed by atoms with van der Waals surface area (Å²) in [7, 11) is 0. The standard InChI is InChI=1S/C7H6O2.C6H7N/c1-2-4-7-6(3-1)8-5-9-7;7-6-4-2-1-3-5-6/h1-4H,5H2;1-5H,7H2. The van der Waals surface area contributed by atoms with E-state index in [2.05, 4.69) is 0 Å². The minimum atomic E-state index is 0.360. The fourth-order valence-electron chi connectivity index (χ4n) is 1.30. The third-order valence-corrected chi connectivity index (χ3v) is 2.08. The Morgan fingerprint density at radius 1 is 0.750 bits per heavy atom. The molecule has 1 heterocycles.